The Morgan fingerprint density at radius 1 is 1.22 bits per heavy atom. The standard InChI is InChI=1S/C20H17N3O3S/c24-18-20(9-4-7-16-14(20)8-10-27-16)22-19(25)23(18)12-17-21-11-15(26-17)13-5-2-1-3-6-13/h1-3,5-6,8,10-11H,4,7,9,12H2,(H,22,25)/t20-/m1/s1. The molecule has 6 nitrogen and oxygen atoms in total. The number of aromatic nitrogens is 1. The number of fused-ring (bicyclic) bond motifs is 2. The van der Waals surface area contributed by atoms with Crippen molar-refractivity contribution in [3.63, 3.8) is 0 Å². The van der Waals surface area contributed by atoms with E-state index in [9.17, 15) is 9.59 Å². The van der Waals surface area contributed by atoms with Gasteiger partial charge in [-0.3, -0.25) is 9.69 Å². The molecule has 0 radical (unpaired) electrons. The smallest absolute Gasteiger partial charge is 0.325 e. The van der Waals surface area contributed by atoms with Crippen molar-refractivity contribution in [2.45, 2.75) is 31.3 Å². The summed E-state index contributed by atoms with van der Waals surface area (Å²) >= 11 is 1.64. The molecule has 27 heavy (non-hydrogen) atoms. The molecule has 0 unspecified atom stereocenters. The van der Waals surface area contributed by atoms with E-state index < -0.39 is 11.6 Å². The summed E-state index contributed by atoms with van der Waals surface area (Å²) in [6.07, 6.45) is 4.08. The van der Waals surface area contributed by atoms with E-state index in [2.05, 4.69) is 10.3 Å². The molecular weight excluding hydrogens is 362 g/mol. The number of thiophene rings is 1. The summed E-state index contributed by atoms with van der Waals surface area (Å²) in [7, 11) is 0. The van der Waals surface area contributed by atoms with Crippen molar-refractivity contribution in [2.75, 3.05) is 0 Å². The van der Waals surface area contributed by atoms with Crippen LogP contribution in [0.2, 0.25) is 0 Å². The molecule has 2 aliphatic rings. The van der Waals surface area contributed by atoms with Gasteiger partial charge in [0.15, 0.2) is 5.76 Å². The number of nitrogens with one attached hydrogen (secondary N) is 1. The van der Waals surface area contributed by atoms with Crippen molar-refractivity contribution in [1.82, 2.24) is 15.2 Å². The number of hydrogen-bond donors (Lipinski definition) is 1. The van der Waals surface area contributed by atoms with Crippen molar-refractivity contribution >= 4 is 23.3 Å². The third kappa shape index (κ3) is 2.49. The molecule has 1 aromatic carbocycles. The van der Waals surface area contributed by atoms with Gasteiger partial charge >= 0.3 is 6.03 Å². The van der Waals surface area contributed by atoms with Gasteiger partial charge in [-0.1, -0.05) is 30.3 Å². The Hall–Kier alpha value is -2.93. The van der Waals surface area contributed by atoms with Gasteiger partial charge in [0.2, 0.25) is 5.89 Å². The highest BCUT2D eigenvalue weighted by Crippen LogP contribution is 2.42. The highest BCUT2D eigenvalue weighted by atomic mass is 32.1. The maximum absolute atomic E-state index is 13.2. The molecule has 1 aliphatic heterocycles. The van der Waals surface area contributed by atoms with Gasteiger partial charge in [0.1, 0.15) is 12.1 Å². The second-order valence-corrected chi connectivity index (χ2v) is 7.82. The first-order chi connectivity index (χ1) is 13.2. The fourth-order valence-electron chi connectivity index (χ4n) is 3.94. The highest BCUT2D eigenvalue weighted by Gasteiger charge is 2.54. The predicted molar refractivity (Wildman–Crippen MR) is 100.0 cm³/mol. The number of urea groups is 1. The molecule has 7 heteroatoms. The van der Waals surface area contributed by atoms with E-state index in [1.54, 1.807) is 17.5 Å². The van der Waals surface area contributed by atoms with Gasteiger partial charge in [0, 0.05) is 16.0 Å². The molecule has 136 valence electrons. The summed E-state index contributed by atoms with van der Waals surface area (Å²) in [5, 5.41) is 4.93. The number of imide groups is 1. The lowest BCUT2D eigenvalue weighted by molar-refractivity contribution is -0.132. The number of oxazole rings is 1. The molecule has 3 heterocycles. The number of amides is 3. The molecule has 1 atom stereocenters. The first kappa shape index (κ1) is 16.3. The van der Waals surface area contributed by atoms with E-state index in [-0.39, 0.29) is 12.5 Å². The maximum Gasteiger partial charge on any atom is 0.325 e. The van der Waals surface area contributed by atoms with Gasteiger partial charge in [-0.25, -0.2) is 9.78 Å². The zero-order valence-corrected chi connectivity index (χ0v) is 15.3. The maximum atomic E-state index is 13.2. The van der Waals surface area contributed by atoms with Crippen LogP contribution in [0.5, 0.6) is 0 Å². The Balaban J connectivity index is 1.42. The summed E-state index contributed by atoms with van der Waals surface area (Å²) in [6.45, 7) is 0.0265. The minimum absolute atomic E-state index is 0.0265. The van der Waals surface area contributed by atoms with Crippen LogP contribution in [0.4, 0.5) is 4.79 Å². The van der Waals surface area contributed by atoms with Crippen LogP contribution < -0.4 is 5.32 Å². The molecule has 1 fully saturated rings. The van der Waals surface area contributed by atoms with Crippen LogP contribution in [0.1, 0.15) is 29.2 Å². The molecule has 3 aromatic rings. The summed E-state index contributed by atoms with van der Waals surface area (Å²) in [6, 6.07) is 11.2. The molecule has 1 N–H and O–H groups in total. The molecule has 1 spiro atoms. The SMILES string of the molecule is O=C1N[C@@]2(CCCc3sccc32)C(=O)N1Cc1ncc(-c2ccccc2)o1. The molecule has 0 saturated carbocycles. The Bertz CT molecular complexity index is 1030. The van der Waals surface area contributed by atoms with Crippen LogP contribution in [0.25, 0.3) is 11.3 Å². The monoisotopic (exact) mass is 379 g/mol. The minimum Gasteiger partial charge on any atom is -0.439 e. The number of carbonyl (C=O) groups excluding carboxylic acids is 2. The van der Waals surface area contributed by atoms with Crippen molar-refractivity contribution in [2.24, 2.45) is 0 Å². The molecular formula is C20H17N3O3S. The van der Waals surface area contributed by atoms with Crippen molar-refractivity contribution < 1.29 is 14.0 Å². The quantitative estimate of drug-likeness (QED) is 0.704. The lowest BCUT2D eigenvalue weighted by atomic mass is 9.80. The number of benzene rings is 1. The van der Waals surface area contributed by atoms with E-state index in [4.69, 9.17) is 4.42 Å². The second kappa shape index (κ2) is 6.06. The third-order valence-corrected chi connectivity index (χ3v) is 6.22. The molecule has 0 bridgehead atoms. The number of hydrogen-bond acceptors (Lipinski definition) is 5. The highest BCUT2D eigenvalue weighted by molar-refractivity contribution is 7.10. The van der Waals surface area contributed by atoms with E-state index >= 15 is 0 Å². The molecule has 3 amide bonds. The third-order valence-electron chi connectivity index (χ3n) is 5.24. The lowest BCUT2D eigenvalue weighted by Gasteiger charge is -2.31. The van der Waals surface area contributed by atoms with Gasteiger partial charge in [0.25, 0.3) is 5.91 Å². The zero-order chi connectivity index (χ0) is 18.4. The van der Waals surface area contributed by atoms with Crippen LogP contribution in [0, 0.1) is 0 Å². The van der Waals surface area contributed by atoms with Crippen molar-refractivity contribution in [3.8, 4) is 11.3 Å². The van der Waals surface area contributed by atoms with Gasteiger partial charge in [-0.2, -0.15) is 0 Å². The zero-order valence-electron chi connectivity index (χ0n) is 14.5. The van der Waals surface area contributed by atoms with Crippen LogP contribution in [0.3, 0.4) is 0 Å². The average Bonchev–Trinajstić information content (AvgIpc) is 3.40. The number of rotatable bonds is 3. The minimum atomic E-state index is -0.931. The second-order valence-electron chi connectivity index (χ2n) is 6.82. The van der Waals surface area contributed by atoms with Crippen LogP contribution in [-0.4, -0.2) is 21.8 Å². The predicted octanol–water partition coefficient (Wildman–Crippen LogP) is 3.69. The summed E-state index contributed by atoms with van der Waals surface area (Å²) in [4.78, 5) is 32.5. The van der Waals surface area contributed by atoms with E-state index in [1.807, 2.05) is 41.8 Å². The molecule has 1 aliphatic carbocycles. The normalized spacial score (nSPS) is 21.6. The first-order valence-electron chi connectivity index (χ1n) is 8.88. The molecule has 5 rings (SSSR count). The topological polar surface area (TPSA) is 75.4 Å². The molecule has 1 saturated heterocycles. The van der Waals surface area contributed by atoms with Gasteiger partial charge in [-0.15, -0.1) is 11.3 Å². The summed E-state index contributed by atoms with van der Waals surface area (Å²) < 4.78 is 5.78. The van der Waals surface area contributed by atoms with Gasteiger partial charge < -0.3 is 9.73 Å². The number of nitrogens with zero attached hydrogens (tertiary/aromatic N) is 2. The van der Waals surface area contributed by atoms with Gasteiger partial charge in [-0.05, 0) is 30.7 Å². The first-order valence-corrected chi connectivity index (χ1v) is 9.76. The lowest BCUT2D eigenvalue weighted by Crippen LogP contribution is -2.46. The van der Waals surface area contributed by atoms with E-state index in [0.717, 1.165) is 24.0 Å². The van der Waals surface area contributed by atoms with Crippen LogP contribution >= 0.6 is 11.3 Å². The van der Waals surface area contributed by atoms with Crippen molar-refractivity contribution in [3.05, 3.63) is 64.3 Å². The summed E-state index contributed by atoms with van der Waals surface area (Å²) in [5.74, 6) is 0.743. The Morgan fingerprint density at radius 3 is 2.93 bits per heavy atom. The number of aryl methyl sites for hydroxylation is 1. The van der Waals surface area contributed by atoms with E-state index in [1.165, 1.54) is 9.78 Å². The van der Waals surface area contributed by atoms with Crippen LogP contribution in [0.15, 0.2) is 52.4 Å². The fourth-order valence-corrected chi connectivity index (χ4v) is 4.94. The fraction of sp³-hybridized carbons (Fsp3) is 0.250. The van der Waals surface area contributed by atoms with Crippen molar-refractivity contribution in [1.29, 1.82) is 0 Å². The Labute approximate surface area is 159 Å². The number of carbonyl (C=O) groups is 2. The average molecular weight is 379 g/mol. The Kier molecular flexibility index (Phi) is 3.65. The van der Waals surface area contributed by atoms with E-state index in [0.29, 0.717) is 18.1 Å². The Morgan fingerprint density at radius 2 is 2.07 bits per heavy atom. The largest absolute Gasteiger partial charge is 0.439 e. The molecule has 2 aromatic heterocycles. The summed E-state index contributed by atoms with van der Waals surface area (Å²) in [5.41, 5.74) is 0.913. The van der Waals surface area contributed by atoms with Crippen LogP contribution in [-0.2, 0) is 23.3 Å². The van der Waals surface area contributed by atoms with Gasteiger partial charge in [0.05, 0.1) is 6.20 Å².